The Kier molecular flexibility index (Phi) is 2.39. The van der Waals surface area contributed by atoms with Gasteiger partial charge in [0.1, 0.15) is 0 Å². The Bertz CT molecular complexity index is 416. The van der Waals surface area contributed by atoms with Gasteiger partial charge in [-0.2, -0.15) is 0 Å². The Balaban J connectivity index is 2.25. The second kappa shape index (κ2) is 3.25. The molecule has 0 N–H and O–H groups in total. The van der Waals surface area contributed by atoms with E-state index in [2.05, 4.69) is 55.4 Å². The average Bonchev–Trinajstić information content (AvgIpc) is 2.76. The van der Waals surface area contributed by atoms with Crippen molar-refractivity contribution in [1.29, 1.82) is 0 Å². The summed E-state index contributed by atoms with van der Waals surface area (Å²) in [6.07, 6.45) is 5.81. The van der Waals surface area contributed by atoms with Gasteiger partial charge in [-0.25, -0.2) is 0 Å². The van der Waals surface area contributed by atoms with Crippen LogP contribution in [0.4, 0.5) is 0 Å². The van der Waals surface area contributed by atoms with Crippen molar-refractivity contribution in [2.75, 3.05) is 0 Å². The lowest BCUT2D eigenvalue weighted by Gasteiger charge is -2.68. The molecule has 0 saturated heterocycles. The van der Waals surface area contributed by atoms with Gasteiger partial charge in [0.25, 0.3) is 0 Å². The second-order valence-corrected chi connectivity index (χ2v) is 9.63. The minimum atomic E-state index is 0.520. The molecule has 4 fully saturated rings. The Hall–Kier alpha value is 0. The van der Waals surface area contributed by atoms with Crippen LogP contribution in [0, 0.1) is 38.9 Å². The fourth-order valence-corrected chi connectivity index (χ4v) is 8.43. The summed E-state index contributed by atoms with van der Waals surface area (Å²) >= 11 is 0. The van der Waals surface area contributed by atoms with E-state index in [1.54, 1.807) is 0 Å². The van der Waals surface area contributed by atoms with Crippen LogP contribution in [0.25, 0.3) is 0 Å². The summed E-state index contributed by atoms with van der Waals surface area (Å²) < 4.78 is 0. The number of hydrogen-bond acceptors (Lipinski definition) is 0. The zero-order valence-corrected chi connectivity index (χ0v) is 14.5. The first-order valence-corrected chi connectivity index (χ1v) is 8.55. The molecule has 0 spiro atoms. The van der Waals surface area contributed by atoms with Crippen molar-refractivity contribution in [1.82, 2.24) is 0 Å². The van der Waals surface area contributed by atoms with Gasteiger partial charge in [0.15, 0.2) is 0 Å². The molecule has 0 nitrogen and oxygen atoms in total. The van der Waals surface area contributed by atoms with Crippen molar-refractivity contribution >= 4 is 0 Å². The van der Waals surface area contributed by atoms with Crippen LogP contribution < -0.4 is 0 Å². The smallest absolute Gasteiger partial charge is 0.0156 e. The van der Waals surface area contributed by atoms with E-state index in [9.17, 15) is 0 Å². The fourth-order valence-electron chi connectivity index (χ4n) is 8.43. The summed E-state index contributed by atoms with van der Waals surface area (Å²) in [5.74, 6) is 1.81. The van der Waals surface area contributed by atoms with E-state index in [4.69, 9.17) is 0 Å². The van der Waals surface area contributed by atoms with Gasteiger partial charge in [-0.3, -0.25) is 0 Å². The molecular formula is C19H34. The molecule has 4 aliphatic carbocycles. The molecule has 4 atom stereocenters. The molecule has 0 aromatic rings. The molecule has 0 aliphatic heterocycles. The van der Waals surface area contributed by atoms with E-state index in [1.165, 1.54) is 25.7 Å². The minimum absolute atomic E-state index is 0.520. The molecule has 4 unspecified atom stereocenters. The molecule has 110 valence electrons. The van der Waals surface area contributed by atoms with E-state index in [-0.39, 0.29) is 0 Å². The molecule has 0 heterocycles. The standard InChI is InChI=1S/C19H34/c1-9-19-14(10-11-15(19,4)5)18(13(2)3)12-17(19,8)16(18,6)7/h13-14H,9-12H2,1-8H3. The van der Waals surface area contributed by atoms with Crippen LogP contribution in [-0.4, -0.2) is 0 Å². The molecule has 4 rings (SSSR count). The number of hydrogen-bond donors (Lipinski definition) is 0. The van der Waals surface area contributed by atoms with Crippen LogP contribution in [0.2, 0.25) is 0 Å². The van der Waals surface area contributed by atoms with Crippen molar-refractivity contribution < 1.29 is 0 Å². The molecule has 0 aromatic carbocycles. The molecule has 19 heavy (non-hydrogen) atoms. The van der Waals surface area contributed by atoms with Crippen molar-refractivity contribution in [3.05, 3.63) is 0 Å². The Labute approximate surface area is 120 Å². The SMILES string of the molecule is CCC12C(CCC1(C)C)C1(C(C)C)CC2(C)C1(C)C. The molecule has 2 bridgehead atoms. The maximum absolute atomic E-state index is 2.64. The lowest BCUT2D eigenvalue weighted by molar-refractivity contribution is -0.196. The lowest BCUT2D eigenvalue weighted by atomic mass is 9.36. The van der Waals surface area contributed by atoms with Crippen LogP contribution in [0.5, 0.6) is 0 Å². The summed E-state index contributed by atoms with van der Waals surface area (Å²) in [4.78, 5) is 0. The van der Waals surface area contributed by atoms with Gasteiger partial charge >= 0.3 is 0 Å². The highest BCUT2D eigenvalue weighted by Crippen LogP contribution is 2.94. The third-order valence-corrected chi connectivity index (χ3v) is 9.24. The van der Waals surface area contributed by atoms with Crippen molar-refractivity contribution in [2.45, 2.75) is 81.1 Å². The first-order valence-electron chi connectivity index (χ1n) is 8.55. The van der Waals surface area contributed by atoms with Gasteiger partial charge in [-0.15, -0.1) is 0 Å². The Morgan fingerprint density at radius 3 is 2.05 bits per heavy atom. The third kappa shape index (κ3) is 0.968. The van der Waals surface area contributed by atoms with Crippen molar-refractivity contribution in [2.24, 2.45) is 38.9 Å². The molecule has 4 saturated carbocycles. The third-order valence-electron chi connectivity index (χ3n) is 9.24. The van der Waals surface area contributed by atoms with E-state index in [1.807, 2.05) is 0 Å². The highest BCUT2D eigenvalue weighted by Gasteiger charge is 2.87. The van der Waals surface area contributed by atoms with Crippen LogP contribution in [0.1, 0.15) is 81.1 Å². The summed E-state index contributed by atoms with van der Waals surface area (Å²) in [5, 5.41) is 0. The Morgan fingerprint density at radius 1 is 1.05 bits per heavy atom. The highest BCUT2D eigenvalue weighted by atomic mass is 14.9. The topological polar surface area (TPSA) is 0 Å². The fraction of sp³-hybridized carbons (Fsp3) is 1.00. The largest absolute Gasteiger partial charge is 0.0648 e. The highest BCUT2D eigenvalue weighted by molar-refractivity contribution is 5.35. The van der Waals surface area contributed by atoms with E-state index in [0.717, 1.165) is 11.8 Å². The predicted octanol–water partition coefficient (Wildman–Crippen LogP) is 5.91. The molecule has 0 amide bonds. The van der Waals surface area contributed by atoms with Crippen LogP contribution in [0.3, 0.4) is 0 Å². The van der Waals surface area contributed by atoms with Crippen LogP contribution in [0.15, 0.2) is 0 Å². The first-order chi connectivity index (χ1) is 8.55. The number of rotatable bonds is 2. The van der Waals surface area contributed by atoms with Crippen molar-refractivity contribution in [3.63, 3.8) is 0 Å². The summed E-state index contributed by atoms with van der Waals surface area (Å²) in [7, 11) is 0. The molecule has 0 heteroatoms. The van der Waals surface area contributed by atoms with Gasteiger partial charge in [0.2, 0.25) is 0 Å². The average molecular weight is 262 g/mol. The first kappa shape index (κ1) is 14.0. The minimum Gasteiger partial charge on any atom is -0.0648 e. The lowest BCUT2D eigenvalue weighted by Crippen LogP contribution is -2.61. The molecule has 0 radical (unpaired) electrons. The maximum atomic E-state index is 2.64. The summed E-state index contributed by atoms with van der Waals surface area (Å²) in [6, 6.07) is 0. The maximum Gasteiger partial charge on any atom is -0.0156 e. The Morgan fingerprint density at radius 2 is 1.63 bits per heavy atom. The molecular weight excluding hydrogens is 228 g/mol. The molecule has 0 aromatic heterocycles. The van der Waals surface area contributed by atoms with E-state index >= 15 is 0 Å². The van der Waals surface area contributed by atoms with Gasteiger partial charge in [0, 0.05) is 0 Å². The van der Waals surface area contributed by atoms with Crippen molar-refractivity contribution in [3.8, 4) is 0 Å². The van der Waals surface area contributed by atoms with Gasteiger partial charge in [-0.05, 0) is 64.6 Å². The van der Waals surface area contributed by atoms with E-state index in [0.29, 0.717) is 27.1 Å². The van der Waals surface area contributed by atoms with Crippen LogP contribution in [-0.2, 0) is 0 Å². The van der Waals surface area contributed by atoms with Crippen LogP contribution >= 0.6 is 0 Å². The zero-order chi connectivity index (χ0) is 14.5. The van der Waals surface area contributed by atoms with E-state index < -0.39 is 0 Å². The quantitative estimate of drug-likeness (QED) is 0.580. The van der Waals surface area contributed by atoms with Gasteiger partial charge in [0.05, 0.1) is 0 Å². The normalized spacial score (nSPS) is 53.2. The second-order valence-electron chi connectivity index (χ2n) is 9.63. The summed E-state index contributed by atoms with van der Waals surface area (Å²) in [6.45, 7) is 20.5. The predicted molar refractivity (Wildman–Crippen MR) is 83.0 cm³/mol. The summed E-state index contributed by atoms with van der Waals surface area (Å²) in [5.41, 5.74) is 2.82. The molecule has 4 aliphatic rings. The monoisotopic (exact) mass is 262 g/mol. The van der Waals surface area contributed by atoms with Gasteiger partial charge in [-0.1, -0.05) is 55.4 Å². The zero-order valence-electron chi connectivity index (χ0n) is 14.5. The van der Waals surface area contributed by atoms with Gasteiger partial charge < -0.3 is 0 Å².